The van der Waals surface area contributed by atoms with Crippen LogP contribution in [0.25, 0.3) is 0 Å². The highest BCUT2D eigenvalue weighted by molar-refractivity contribution is 7.92. The van der Waals surface area contributed by atoms with Crippen LogP contribution >= 0.6 is 23.2 Å². The van der Waals surface area contributed by atoms with E-state index in [4.69, 9.17) is 32.7 Å². The number of hydrogen-bond donors (Lipinski definition) is 1. The van der Waals surface area contributed by atoms with Gasteiger partial charge >= 0.3 is 0 Å². The summed E-state index contributed by atoms with van der Waals surface area (Å²) >= 11 is 12.6. The number of nitrogens with one attached hydrogen (secondary N) is 1. The first kappa shape index (κ1) is 33.0. The van der Waals surface area contributed by atoms with Crippen molar-refractivity contribution in [2.45, 2.75) is 32.4 Å². The van der Waals surface area contributed by atoms with Gasteiger partial charge in [0.25, 0.3) is 0 Å². The Morgan fingerprint density at radius 3 is 2.29 bits per heavy atom. The van der Waals surface area contributed by atoms with E-state index in [1.165, 1.54) is 25.2 Å². The number of rotatable bonds is 14. The van der Waals surface area contributed by atoms with Crippen molar-refractivity contribution in [2.75, 3.05) is 37.9 Å². The van der Waals surface area contributed by atoms with Gasteiger partial charge in [-0.1, -0.05) is 66.5 Å². The van der Waals surface area contributed by atoms with Crippen LogP contribution in [-0.4, -0.2) is 64.7 Å². The maximum Gasteiger partial charge on any atom is 0.244 e. The van der Waals surface area contributed by atoms with E-state index in [1.54, 1.807) is 30.3 Å². The summed E-state index contributed by atoms with van der Waals surface area (Å²) in [5, 5.41) is 3.61. The van der Waals surface area contributed by atoms with Crippen LogP contribution in [-0.2, 0) is 32.6 Å². The first-order chi connectivity index (χ1) is 20.0. The molecule has 2 amide bonds. The van der Waals surface area contributed by atoms with Crippen LogP contribution in [0.1, 0.15) is 24.5 Å². The van der Waals surface area contributed by atoms with E-state index in [0.29, 0.717) is 34.3 Å². The molecule has 0 heterocycles. The number of sulfonamides is 1. The van der Waals surface area contributed by atoms with E-state index in [0.717, 1.165) is 16.1 Å². The smallest absolute Gasteiger partial charge is 0.244 e. The standard InChI is InChI=1S/C30H35Cl2N3O6S/c1-5-15-33-30(37)27(16-21-9-7-6-8-10-21)34(19-22-11-12-23(31)17-25(22)32)29(36)20-35(42(4,38)39)26-18-24(40-2)13-14-28(26)41-3/h6-14,17-18,27H,5,15-16,19-20H2,1-4H3,(H,33,37)/t27-/m0/s1. The van der Waals surface area contributed by atoms with Crippen molar-refractivity contribution in [1.29, 1.82) is 0 Å². The second kappa shape index (κ2) is 15.1. The summed E-state index contributed by atoms with van der Waals surface area (Å²) in [4.78, 5) is 29.2. The summed E-state index contributed by atoms with van der Waals surface area (Å²) in [6.45, 7) is 1.65. The first-order valence-corrected chi connectivity index (χ1v) is 15.8. The lowest BCUT2D eigenvalue weighted by molar-refractivity contribution is -0.140. The Labute approximate surface area is 257 Å². The largest absolute Gasteiger partial charge is 0.497 e. The zero-order chi connectivity index (χ0) is 30.9. The number of methoxy groups -OCH3 is 2. The molecule has 226 valence electrons. The predicted octanol–water partition coefficient (Wildman–Crippen LogP) is 4.94. The van der Waals surface area contributed by atoms with E-state index in [9.17, 15) is 18.0 Å². The molecule has 0 spiro atoms. The van der Waals surface area contributed by atoms with Gasteiger partial charge in [-0.25, -0.2) is 8.42 Å². The van der Waals surface area contributed by atoms with Crippen molar-refractivity contribution < 1.29 is 27.5 Å². The number of carbonyl (C=O) groups excluding carboxylic acids is 2. The third-order valence-corrected chi connectivity index (χ3v) is 8.22. The van der Waals surface area contributed by atoms with E-state index < -0.39 is 28.5 Å². The number of ether oxygens (including phenoxy) is 2. The molecule has 1 N–H and O–H groups in total. The summed E-state index contributed by atoms with van der Waals surface area (Å²) in [6.07, 6.45) is 1.88. The highest BCUT2D eigenvalue weighted by Crippen LogP contribution is 2.34. The fraction of sp³-hybridized carbons (Fsp3) is 0.333. The Morgan fingerprint density at radius 1 is 0.976 bits per heavy atom. The second-order valence-electron chi connectivity index (χ2n) is 9.56. The van der Waals surface area contributed by atoms with E-state index in [-0.39, 0.29) is 30.3 Å². The normalized spacial score (nSPS) is 11.9. The molecule has 3 aromatic rings. The summed E-state index contributed by atoms with van der Waals surface area (Å²) in [7, 11) is -1.16. The third kappa shape index (κ3) is 8.77. The molecule has 9 nitrogen and oxygen atoms in total. The highest BCUT2D eigenvalue weighted by Gasteiger charge is 2.34. The highest BCUT2D eigenvalue weighted by atomic mass is 35.5. The van der Waals surface area contributed by atoms with Gasteiger partial charge in [-0.3, -0.25) is 13.9 Å². The summed E-state index contributed by atoms with van der Waals surface area (Å²) < 4.78 is 37.8. The number of amides is 2. The summed E-state index contributed by atoms with van der Waals surface area (Å²) in [5.74, 6) is -0.395. The Morgan fingerprint density at radius 2 is 1.69 bits per heavy atom. The Bertz CT molecular complexity index is 1490. The Balaban J connectivity index is 2.12. The lowest BCUT2D eigenvalue weighted by atomic mass is 10.0. The molecular formula is C30H35Cl2N3O6S. The van der Waals surface area contributed by atoms with Crippen molar-refractivity contribution in [1.82, 2.24) is 10.2 Å². The molecule has 0 aliphatic heterocycles. The molecule has 0 unspecified atom stereocenters. The Kier molecular flexibility index (Phi) is 11.9. The van der Waals surface area contributed by atoms with Crippen LogP contribution < -0.4 is 19.1 Å². The number of carbonyl (C=O) groups is 2. The van der Waals surface area contributed by atoms with Gasteiger partial charge in [-0.2, -0.15) is 0 Å². The van der Waals surface area contributed by atoms with E-state index in [1.807, 2.05) is 37.3 Å². The quantitative estimate of drug-likeness (QED) is 0.269. The molecule has 0 saturated carbocycles. The first-order valence-electron chi connectivity index (χ1n) is 13.2. The second-order valence-corrected chi connectivity index (χ2v) is 12.3. The summed E-state index contributed by atoms with van der Waals surface area (Å²) in [5.41, 5.74) is 1.48. The molecule has 0 aliphatic carbocycles. The monoisotopic (exact) mass is 635 g/mol. The molecule has 42 heavy (non-hydrogen) atoms. The van der Waals surface area contributed by atoms with Crippen LogP contribution in [0.15, 0.2) is 66.7 Å². The predicted molar refractivity (Wildman–Crippen MR) is 166 cm³/mol. The van der Waals surface area contributed by atoms with Gasteiger partial charge in [0.05, 0.1) is 26.2 Å². The fourth-order valence-corrected chi connectivity index (χ4v) is 5.65. The van der Waals surface area contributed by atoms with Crippen LogP contribution in [0.2, 0.25) is 10.0 Å². The molecule has 0 aromatic heterocycles. The molecule has 1 atom stereocenters. The summed E-state index contributed by atoms with van der Waals surface area (Å²) in [6, 6.07) is 17.8. The van der Waals surface area contributed by atoms with Crippen molar-refractivity contribution in [3.05, 3.63) is 87.9 Å². The average Bonchev–Trinajstić information content (AvgIpc) is 2.96. The van der Waals surface area contributed by atoms with Gasteiger partial charge in [0.2, 0.25) is 21.8 Å². The van der Waals surface area contributed by atoms with Gasteiger partial charge in [0.15, 0.2) is 0 Å². The molecular weight excluding hydrogens is 601 g/mol. The van der Waals surface area contributed by atoms with E-state index >= 15 is 0 Å². The minimum absolute atomic E-state index is 0.0707. The zero-order valence-electron chi connectivity index (χ0n) is 24.0. The maximum atomic E-state index is 14.2. The minimum Gasteiger partial charge on any atom is -0.497 e. The molecule has 3 aromatic carbocycles. The van der Waals surface area contributed by atoms with Gasteiger partial charge < -0.3 is 19.7 Å². The van der Waals surface area contributed by atoms with Crippen molar-refractivity contribution in [2.24, 2.45) is 0 Å². The lowest BCUT2D eigenvalue weighted by Gasteiger charge is -2.34. The SMILES string of the molecule is CCCNC(=O)[C@H](Cc1ccccc1)N(Cc1ccc(Cl)cc1Cl)C(=O)CN(c1cc(OC)ccc1OC)S(C)(=O)=O. The average molecular weight is 637 g/mol. The number of nitrogens with zero attached hydrogens (tertiary/aromatic N) is 2. The Hall–Kier alpha value is -3.47. The maximum absolute atomic E-state index is 14.2. The molecule has 0 aliphatic rings. The van der Waals surface area contributed by atoms with Crippen LogP contribution in [0.3, 0.4) is 0 Å². The fourth-order valence-electron chi connectivity index (χ4n) is 4.34. The topological polar surface area (TPSA) is 105 Å². The lowest BCUT2D eigenvalue weighted by Crippen LogP contribution is -2.53. The minimum atomic E-state index is -4.00. The molecule has 0 saturated heterocycles. The van der Waals surface area contributed by atoms with Gasteiger partial charge in [0.1, 0.15) is 24.1 Å². The molecule has 0 radical (unpaired) electrons. The van der Waals surface area contributed by atoms with Gasteiger partial charge in [-0.15, -0.1) is 0 Å². The van der Waals surface area contributed by atoms with Crippen molar-refractivity contribution >= 4 is 50.7 Å². The van der Waals surface area contributed by atoms with Crippen molar-refractivity contribution in [3.63, 3.8) is 0 Å². The number of anilines is 1. The van der Waals surface area contributed by atoms with Crippen LogP contribution in [0.4, 0.5) is 5.69 Å². The third-order valence-electron chi connectivity index (χ3n) is 6.51. The van der Waals surface area contributed by atoms with Gasteiger partial charge in [-0.05, 0) is 41.8 Å². The van der Waals surface area contributed by atoms with Crippen LogP contribution in [0.5, 0.6) is 11.5 Å². The van der Waals surface area contributed by atoms with Crippen LogP contribution in [0, 0.1) is 0 Å². The van der Waals surface area contributed by atoms with Gasteiger partial charge in [0, 0.05) is 35.6 Å². The van der Waals surface area contributed by atoms with E-state index in [2.05, 4.69) is 5.32 Å². The number of hydrogen-bond acceptors (Lipinski definition) is 6. The van der Waals surface area contributed by atoms with Crippen molar-refractivity contribution in [3.8, 4) is 11.5 Å². The molecule has 0 fully saturated rings. The number of benzene rings is 3. The molecule has 0 bridgehead atoms. The zero-order valence-corrected chi connectivity index (χ0v) is 26.3. The number of halogens is 2. The molecule has 3 rings (SSSR count). The molecule has 12 heteroatoms.